The summed E-state index contributed by atoms with van der Waals surface area (Å²) in [5.74, 6) is -0.448. The normalized spacial score (nSPS) is 43.2. The Kier molecular flexibility index (Phi) is 2.10. The van der Waals surface area contributed by atoms with Crippen LogP contribution >= 0.6 is 23.2 Å². The zero-order valence-corrected chi connectivity index (χ0v) is 7.74. The number of alkyl halides is 2. The first kappa shape index (κ1) is 9.14. The van der Waals surface area contributed by atoms with Crippen LogP contribution in [0.3, 0.4) is 0 Å². The lowest BCUT2D eigenvalue weighted by Gasteiger charge is -2.47. The van der Waals surface area contributed by atoms with E-state index in [0.717, 1.165) is 0 Å². The summed E-state index contributed by atoms with van der Waals surface area (Å²) in [6, 6.07) is 0. The molecule has 1 rings (SSSR count). The quantitative estimate of drug-likeness (QED) is 0.688. The molecule has 64 valence electrons. The fourth-order valence-electron chi connectivity index (χ4n) is 1.59. The van der Waals surface area contributed by atoms with Gasteiger partial charge in [-0.3, -0.25) is 4.79 Å². The molecular weight excluding hydrogens is 187 g/mol. The number of hydrogen-bond donors (Lipinski definition) is 1. The van der Waals surface area contributed by atoms with Crippen LogP contribution in [-0.4, -0.2) is 21.8 Å². The molecule has 0 radical (unpaired) electrons. The van der Waals surface area contributed by atoms with Crippen LogP contribution in [0.1, 0.15) is 19.8 Å². The van der Waals surface area contributed by atoms with Gasteiger partial charge in [-0.15, -0.1) is 23.2 Å². The number of carbonyl (C=O) groups is 1. The fraction of sp³-hybridized carbons (Fsp3) is 0.857. The van der Waals surface area contributed by atoms with Crippen molar-refractivity contribution in [1.29, 1.82) is 0 Å². The molecule has 0 aliphatic heterocycles. The van der Waals surface area contributed by atoms with Crippen molar-refractivity contribution in [1.82, 2.24) is 0 Å². The summed E-state index contributed by atoms with van der Waals surface area (Å²) in [5.41, 5.74) is -0.642. The van der Waals surface area contributed by atoms with E-state index in [1.807, 2.05) is 0 Å². The Bertz CT molecular complexity index is 185. The molecule has 1 saturated carbocycles. The molecule has 0 unspecified atom stereocenters. The zero-order valence-electron chi connectivity index (χ0n) is 6.23. The summed E-state index contributed by atoms with van der Waals surface area (Å²) in [4.78, 5) is 10.1. The van der Waals surface area contributed by atoms with E-state index in [0.29, 0.717) is 18.7 Å². The van der Waals surface area contributed by atoms with Crippen molar-refractivity contribution < 1.29 is 9.90 Å². The molecule has 0 heterocycles. The Morgan fingerprint density at radius 2 is 2.09 bits per heavy atom. The summed E-state index contributed by atoms with van der Waals surface area (Å²) in [5, 5.41) is 8.72. The first-order chi connectivity index (χ1) is 4.92. The molecule has 11 heavy (non-hydrogen) atoms. The summed E-state index contributed by atoms with van der Waals surface area (Å²) < 4.78 is 0. The maximum absolute atomic E-state index is 10.6. The molecule has 1 fully saturated rings. The van der Waals surface area contributed by atoms with Gasteiger partial charge in [-0.2, -0.15) is 0 Å². The molecule has 0 bridgehead atoms. The Balaban J connectivity index is 2.56. The van der Waals surface area contributed by atoms with Gasteiger partial charge in [0.05, 0.1) is 10.3 Å². The second-order valence-electron chi connectivity index (χ2n) is 3.50. The molecule has 0 saturated heterocycles. The molecule has 0 aromatic carbocycles. The Morgan fingerprint density at radius 1 is 1.64 bits per heavy atom. The Labute approximate surface area is 75.5 Å². The topological polar surface area (TPSA) is 37.3 Å². The highest BCUT2D eigenvalue weighted by Crippen LogP contribution is 2.52. The standard InChI is InChI=1S/C7H10Cl2O2/c1-6(5(10)11)2-7(9,3-6)4-8/h2-4H2,1H3,(H,10,11). The summed E-state index contributed by atoms with van der Waals surface area (Å²) in [6.07, 6.45) is 0.945. The minimum atomic E-state index is -0.779. The Morgan fingerprint density at radius 3 is 2.36 bits per heavy atom. The second-order valence-corrected chi connectivity index (χ2v) is 4.57. The van der Waals surface area contributed by atoms with E-state index in [1.54, 1.807) is 6.92 Å². The molecule has 0 spiro atoms. The first-order valence-corrected chi connectivity index (χ1v) is 4.31. The molecule has 0 aromatic heterocycles. The van der Waals surface area contributed by atoms with Gasteiger partial charge in [0.1, 0.15) is 0 Å². The van der Waals surface area contributed by atoms with Crippen LogP contribution < -0.4 is 0 Å². The molecule has 2 nitrogen and oxygen atoms in total. The number of aliphatic carboxylic acids is 1. The van der Waals surface area contributed by atoms with Gasteiger partial charge < -0.3 is 5.11 Å². The predicted octanol–water partition coefficient (Wildman–Crippen LogP) is 2.09. The molecule has 1 aliphatic rings. The van der Waals surface area contributed by atoms with Crippen molar-refractivity contribution in [3.8, 4) is 0 Å². The van der Waals surface area contributed by atoms with E-state index in [1.165, 1.54) is 0 Å². The fourth-order valence-corrected chi connectivity index (χ4v) is 2.37. The van der Waals surface area contributed by atoms with E-state index in [2.05, 4.69) is 0 Å². The van der Waals surface area contributed by atoms with Crippen molar-refractivity contribution in [3.05, 3.63) is 0 Å². The van der Waals surface area contributed by atoms with Gasteiger partial charge in [0.2, 0.25) is 0 Å². The summed E-state index contributed by atoms with van der Waals surface area (Å²) in [7, 11) is 0. The van der Waals surface area contributed by atoms with Gasteiger partial charge in [0.25, 0.3) is 0 Å². The van der Waals surface area contributed by atoms with Crippen LogP contribution in [0.5, 0.6) is 0 Å². The van der Waals surface area contributed by atoms with E-state index >= 15 is 0 Å². The highest BCUT2D eigenvalue weighted by atomic mass is 35.5. The van der Waals surface area contributed by atoms with Crippen LogP contribution in [-0.2, 0) is 4.79 Å². The molecule has 1 aliphatic carbocycles. The highest BCUT2D eigenvalue weighted by molar-refractivity contribution is 6.31. The lowest BCUT2D eigenvalue weighted by Crippen LogP contribution is -2.51. The minimum absolute atomic E-state index is 0.331. The third-order valence-electron chi connectivity index (χ3n) is 2.17. The monoisotopic (exact) mass is 196 g/mol. The minimum Gasteiger partial charge on any atom is -0.481 e. The third kappa shape index (κ3) is 1.47. The van der Waals surface area contributed by atoms with Crippen molar-refractivity contribution in [2.24, 2.45) is 5.41 Å². The van der Waals surface area contributed by atoms with Crippen molar-refractivity contribution >= 4 is 29.2 Å². The van der Waals surface area contributed by atoms with Crippen LogP contribution in [0.25, 0.3) is 0 Å². The van der Waals surface area contributed by atoms with Crippen molar-refractivity contribution in [2.45, 2.75) is 24.6 Å². The van der Waals surface area contributed by atoms with Gasteiger partial charge in [0, 0.05) is 5.88 Å². The SMILES string of the molecule is CC1(C(=O)O)CC(Cl)(CCl)C1. The van der Waals surface area contributed by atoms with Crippen molar-refractivity contribution in [2.75, 3.05) is 5.88 Å². The van der Waals surface area contributed by atoms with Crippen molar-refractivity contribution in [3.63, 3.8) is 0 Å². The number of rotatable bonds is 2. The van der Waals surface area contributed by atoms with E-state index in [9.17, 15) is 4.79 Å². The molecular formula is C7H10Cl2O2. The van der Waals surface area contributed by atoms with Crippen LogP contribution in [0.15, 0.2) is 0 Å². The van der Waals surface area contributed by atoms with Gasteiger partial charge in [-0.05, 0) is 19.8 Å². The maximum atomic E-state index is 10.6. The summed E-state index contributed by atoms with van der Waals surface area (Å²) >= 11 is 11.5. The number of carboxylic acid groups (broad SMARTS) is 1. The molecule has 0 amide bonds. The molecule has 0 atom stereocenters. The van der Waals surface area contributed by atoms with Crippen LogP contribution in [0.2, 0.25) is 0 Å². The maximum Gasteiger partial charge on any atom is 0.309 e. The molecule has 4 heteroatoms. The number of hydrogen-bond acceptors (Lipinski definition) is 1. The highest BCUT2D eigenvalue weighted by Gasteiger charge is 2.54. The van der Waals surface area contributed by atoms with Gasteiger partial charge in [-0.1, -0.05) is 0 Å². The van der Waals surface area contributed by atoms with Gasteiger partial charge in [0.15, 0.2) is 0 Å². The smallest absolute Gasteiger partial charge is 0.309 e. The number of carboxylic acids is 1. The van der Waals surface area contributed by atoms with Gasteiger partial charge >= 0.3 is 5.97 Å². The summed E-state index contributed by atoms with van der Waals surface area (Å²) in [6.45, 7) is 1.70. The Hall–Kier alpha value is 0.0500. The molecule has 1 N–H and O–H groups in total. The lowest BCUT2D eigenvalue weighted by molar-refractivity contribution is -0.154. The molecule has 0 aromatic rings. The van der Waals surface area contributed by atoms with E-state index < -0.39 is 16.3 Å². The van der Waals surface area contributed by atoms with E-state index in [-0.39, 0.29) is 0 Å². The van der Waals surface area contributed by atoms with Gasteiger partial charge in [-0.25, -0.2) is 0 Å². The third-order valence-corrected chi connectivity index (χ3v) is 3.22. The lowest BCUT2D eigenvalue weighted by atomic mass is 9.63. The second kappa shape index (κ2) is 2.53. The zero-order chi connectivity index (χ0) is 8.70. The van der Waals surface area contributed by atoms with E-state index in [4.69, 9.17) is 28.3 Å². The largest absolute Gasteiger partial charge is 0.481 e. The average Bonchev–Trinajstić information content (AvgIpc) is 1.84. The predicted molar refractivity (Wildman–Crippen MR) is 44.3 cm³/mol. The van der Waals surface area contributed by atoms with Crippen LogP contribution in [0.4, 0.5) is 0 Å². The first-order valence-electron chi connectivity index (χ1n) is 3.40. The average molecular weight is 197 g/mol. The van der Waals surface area contributed by atoms with Crippen LogP contribution in [0, 0.1) is 5.41 Å². The number of halogens is 2.